The molecule has 132 valence electrons. The van der Waals surface area contributed by atoms with E-state index < -0.39 is 5.97 Å². The van der Waals surface area contributed by atoms with E-state index in [2.05, 4.69) is 0 Å². The maximum absolute atomic E-state index is 11.9. The van der Waals surface area contributed by atoms with E-state index in [0.717, 1.165) is 5.56 Å². The molecule has 0 atom stereocenters. The minimum absolute atomic E-state index is 0.00785. The minimum Gasteiger partial charge on any atom is -0.496 e. The summed E-state index contributed by atoms with van der Waals surface area (Å²) in [7, 11) is 1.51. The Hall–Kier alpha value is -2.53. The van der Waals surface area contributed by atoms with Gasteiger partial charge in [0.2, 0.25) is 0 Å². The van der Waals surface area contributed by atoms with Crippen LogP contribution < -0.4 is 9.47 Å². The lowest BCUT2D eigenvalue weighted by Gasteiger charge is -2.12. The Morgan fingerprint density at radius 1 is 1.08 bits per heavy atom. The van der Waals surface area contributed by atoms with E-state index in [4.69, 9.17) is 25.8 Å². The maximum Gasteiger partial charge on any atom is 0.344 e. The van der Waals surface area contributed by atoms with Crippen LogP contribution in [-0.4, -0.2) is 25.5 Å². The SMILES string of the molecule is COc1ccc(C(C)=O)cc1COC(=O)COc1ccc(Cl)cc1C. The highest BCUT2D eigenvalue weighted by atomic mass is 35.5. The minimum atomic E-state index is -0.523. The zero-order valence-electron chi connectivity index (χ0n) is 14.3. The lowest BCUT2D eigenvalue weighted by Crippen LogP contribution is -2.15. The van der Waals surface area contributed by atoms with Gasteiger partial charge in [-0.1, -0.05) is 11.6 Å². The summed E-state index contributed by atoms with van der Waals surface area (Å²) >= 11 is 5.88. The lowest BCUT2D eigenvalue weighted by atomic mass is 10.1. The number of esters is 1. The van der Waals surface area contributed by atoms with Gasteiger partial charge in [0.05, 0.1) is 7.11 Å². The Kier molecular flexibility index (Phi) is 6.42. The summed E-state index contributed by atoms with van der Waals surface area (Å²) in [5.74, 6) is 0.520. The average molecular weight is 363 g/mol. The molecule has 0 aromatic heterocycles. The Morgan fingerprint density at radius 3 is 2.44 bits per heavy atom. The Morgan fingerprint density at radius 2 is 1.80 bits per heavy atom. The lowest BCUT2D eigenvalue weighted by molar-refractivity contribution is -0.147. The monoisotopic (exact) mass is 362 g/mol. The standard InChI is InChI=1S/C19H19ClO5/c1-12-8-16(20)5-7-17(12)24-11-19(22)25-10-15-9-14(13(2)21)4-6-18(15)23-3/h4-9H,10-11H2,1-3H3. The van der Waals surface area contributed by atoms with Crippen molar-refractivity contribution in [2.75, 3.05) is 13.7 Å². The van der Waals surface area contributed by atoms with Crippen molar-refractivity contribution < 1.29 is 23.8 Å². The van der Waals surface area contributed by atoms with Crippen molar-refractivity contribution >= 4 is 23.4 Å². The molecule has 0 radical (unpaired) electrons. The molecule has 0 unspecified atom stereocenters. The largest absolute Gasteiger partial charge is 0.496 e. The fraction of sp³-hybridized carbons (Fsp3) is 0.263. The van der Waals surface area contributed by atoms with Crippen molar-refractivity contribution in [3.63, 3.8) is 0 Å². The molecule has 0 fully saturated rings. The number of rotatable bonds is 7. The van der Waals surface area contributed by atoms with Crippen molar-refractivity contribution in [3.8, 4) is 11.5 Å². The number of ether oxygens (including phenoxy) is 3. The van der Waals surface area contributed by atoms with E-state index in [1.54, 1.807) is 36.4 Å². The number of carbonyl (C=O) groups excluding carboxylic acids is 2. The predicted molar refractivity (Wildman–Crippen MR) is 94.5 cm³/mol. The highest BCUT2D eigenvalue weighted by Crippen LogP contribution is 2.23. The van der Waals surface area contributed by atoms with Gasteiger partial charge in [-0.3, -0.25) is 4.79 Å². The third kappa shape index (κ3) is 5.22. The van der Waals surface area contributed by atoms with Crippen LogP contribution in [0.4, 0.5) is 0 Å². The molecule has 0 aliphatic carbocycles. The molecule has 0 saturated heterocycles. The van der Waals surface area contributed by atoms with Crippen LogP contribution in [-0.2, 0) is 16.1 Å². The van der Waals surface area contributed by atoms with Crippen LogP contribution in [0.25, 0.3) is 0 Å². The summed E-state index contributed by atoms with van der Waals surface area (Å²) in [6.45, 7) is 3.08. The molecule has 0 saturated carbocycles. The van der Waals surface area contributed by atoms with Crippen molar-refractivity contribution in [1.82, 2.24) is 0 Å². The number of benzene rings is 2. The van der Waals surface area contributed by atoms with E-state index in [-0.39, 0.29) is 19.0 Å². The third-order valence-corrected chi connectivity index (χ3v) is 3.79. The molecule has 2 rings (SSSR count). The van der Waals surface area contributed by atoms with Crippen LogP contribution in [0, 0.1) is 6.92 Å². The van der Waals surface area contributed by atoms with Gasteiger partial charge >= 0.3 is 5.97 Å². The van der Waals surface area contributed by atoms with Crippen molar-refractivity contribution in [1.29, 1.82) is 0 Å². The highest BCUT2D eigenvalue weighted by Gasteiger charge is 2.11. The van der Waals surface area contributed by atoms with Crippen molar-refractivity contribution in [2.45, 2.75) is 20.5 Å². The molecule has 5 nitrogen and oxygen atoms in total. The van der Waals surface area contributed by atoms with Gasteiger partial charge in [0.1, 0.15) is 18.1 Å². The van der Waals surface area contributed by atoms with Gasteiger partial charge in [-0.15, -0.1) is 0 Å². The maximum atomic E-state index is 11.9. The number of aryl methyl sites for hydroxylation is 1. The van der Waals surface area contributed by atoms with Gasteiger partial charge in [-0.2, -0.15) is 0 Å². The molecule has 6 heteroatoms. The molecule has 0 spiro atoms. The molecule has 0 heterocycles. The summed E-state index contributed by atoms with van der Waals surface area (Å²) in [6.07, 6.45) is 0. The Labute approximate surface area is 151 Å². The van der Waals surface area contributed by atoms with Gasteiger partial charge in [0.15, 0.2) is 12.4 Å². The zero-order valence-corrected chi connectivity index (χ0v) is 15.1. The molecular formula is C19H19ClO5. The quantitative estimate of drug-likeness (QED) is 0.550. The fourth-order valence-corrected chi connectivity index (χ4v) is 2.45. The summed E-state index contributed by atoms with van der Waals surface area (Å²) in [4.78, 5) is 23.4. The smallest absolute Gasteiger partial charge is 0.344 e. The van der Waals surface area contributed by atoms with Gasteiger partial charge in [0.25, 0.3) is 0 Å². The van der Waals surface area contributed by atoms with Crippen LogP contribution in [0.2, 0.25) is 5.02 Å². The second-order valence-corrected chi connectivity index (χ2v) is 5.88. The molecule has 0 N–H and O–H groups in total. The molecule has 2 aromatic rings. The van der Waals surface area contributed by atoms with E-state index in [0.29, 0.717) is 27.6 Å². The van der Waals surface area contributed by atoms with Gasteiger partial charge in [0, 0.05) is 16.1 Å². The first-order chi connectivity index (χ1) is 11.9. The second-order valence-electron chi connectivity index (χ2n) is 5.44. The first-order valence-corrected chi connectivity index (χ1v) is 8.01. The summed E-state index contributed by atoms with van der Waals surface area (Å²) in [5.41, 5.74) is 1.97. The number of Topliss-reactive ketones (excluding diaryl/α,β-unsaturated/α-hetero) is 1. The van der Waals surface area contributed by atoms with E-state index in [1.807, 2.05) is 6.92 Å². The number of hydrogen-bond acceptors (Lipinski definition) is 5. The number of halogens is 1. The zero-order chi connectivity index (χ0) is 18.4. The molecule has 0 aliphatic rings. The van der Waals surface area contributed by atoms with Crippen LogP contribution in [0.15, 0.2) is 36.4 Å². The van der Waals surface area contributed by atoms with Crippen LogP contribution in [0.5, 0.6) is 11.5 Å². The van der Waals surface area contributed by atoms with E-state index in [1.165, 1.54) is 14.0 Å². The van der Waals surface area contributed by atoms with Crippen molar-refractivity contribution in [2.24, 2.45) is 0 Å². The third-order valence-electron chi connectivity index (χ3n) is 3.56. The normalized spacial score (nSPS) is 10.2. The van der Waals surface area contributed by atoms with E-state index >= 15 is 0 Å². The first kappa shape index (κ1) is 18.8. The number of methoxy groups -OCH3 is 1. The predicted octanol–water partition coefficient (Wildman–Crippen LogP) is 3.98. The Bertz CT molecular complexity index is 785. The summed E-state index contributed by atoms with van der Waals surface area (Å²) < 4.78 is 15.9. The molecule has 25 heavy (non-hydrogen) atoms. The van der Waals surface area contributed by atoms with E-state index in [9.17, 15) is 9.59 Å². The van der Waals surface area contributed by atoms with Gasteiger partial charge < -0.3 is 14.2 Å². The molecule has 0 bridgehead atoms. The summed E-state index contributed by atoms with van der Waals surface area (Å²) in [6, 6.07) is 10.1. The summed E-state index contributed by atoms with van der Waals surface area (Å²) in [5, 5.41) is 0.602. The van der Waals surface area contributed by atoms with Crippen LogP contribution >= 0.6 is 11.6 Å². The first-order valence-electron chi connectivity index (χ1n) is 7.63. The second kappa shape index (κ2) is 8.53. The van der Waals surface area contributed by atoms with Gasteiger partial charge in [-0.25, -0.2) is 4.79 Å². The molecule has 0 amide bonds. The Balaban J connectivity index is 1.95. The van der Waals surface area contributed by atoms with Gasteiger partial charge in [-0.05, 0) is 55.8 Å². The number of hydrogen-bond donors (Lipinski definition) is 0. The topological polar surface area (TPSA) is 61.8 Å². The molecule has 2 aromatic carbocycles. The van der Waals surface area contributed by atoms with Crippen LogP contribution in [0.1, 0.15) is 28.4 Å². The van der Waals surface area contributed by atoms with Crippen LogP contribution in [0.3, 0.4) is 0 Å². The fourth-order valence-electron chi connectivity index (χ4n) is 2.22. The van der Waals surface area contributed by atoms with Crippen molar-refractivity contribution in [3.05, 3.63) is 58.1 Å². The number of carbonyl (C=O) groups is 2. The molecule has 0 aliphatic heterocycles. The highest BCUT2D eigenvalue weighted by molar-refractivity contribution is 6.30. The average Bonchev–Trinajstić information content (AvgIpc) is 2.58. The molecular weight excluding hydrogens is 344 g/mol. The number of ketones is 1.